The molecular formula is C11H14N4. The molecule has 0 saturated carbocycles. The van der Waals surface area contributed by atoms with Crippen LogP contribution in [0.5, 0.6) is 0 Å². The maximum Gasteiger partial charge on any atom is 0.154 e. The molecule has 4 heteroatoms. The topological polar surface area (TPSA) is 56.7 Å². The largest absolute Gasteiger partial charge is 0.318 e. The van der Waals surface area contributed by atoms with Crippen molar-refractivity contribution in [1.29, 1.82) is 0 Å². The van der Waals surface area contributed by atoms with Crippen LogP contribution in [-0.4, -0.2) is 14.8 Å². The molecule has 0 amide bonds. The average molecular weight is 202 g/mol. The van der Waals surface area contributed by atoms with Crippen molar-refractivity contribution in [2.24, 2.45) is 5.73 Å². The van der Waals surface area contributed by atoms with Gasteiger partial charge in [-0.05, 0) is 12.5 Å². The molecule has 0 spiro atoms. The van der Waals surface area contributed by atoms with E-state index < -0.39 is 0 Å². The fourth-order valence-corrected chi connectivity index (χ4v) is 1.56. The maximum absolute atomic E-state index is 6.11. The van der Waals surface area contributed by atoms with E-state index in [-0.39, 0.29) is 6.04 Å². The summed E-state index contributed by atoms with van der Waals surface area (Å²) in [5.74, 6) is 0.809. The Kier molecular flexibility index (Phi) is 2.78. The van der Waals surface area contributed by atoms with Crippen molar-refractivity contribution in [3.63, 3.8) is 0 Å². The van der Waals surface area contributed by atoms with Gasteiger partial charge in [0.05, 0.1) is 6.04 Å². The Balaban J connectivity index is 2.32. The summed E-state index contributed by atoms with van der Waals surface area (Å²) >= 11 is 0. The molecule has 78 valence electrons. The minimum atomic E-state index is -0.200. The molecule has 4 nitrogen and oxygen atoms in total. The second kappa shape index (κ2) is 4.23. The van der Waals surface area contributed by atoms with Crippen molar-refractivity contribution in [2.45, 2.75) is 19.5 Å². The summed E-state index contributed by atoms with van der Waals surface area (Å²) in [5.41, 5.74) is 7.17. The maximum atomic E-state index is 6.11. The Morgan fingerprint density at radius 3 is 2.73 bits per heavy atom. The Bertz CT molecular complexity index is 421. The predicted molar refractivity (Wildman–Crippen MR) is 58.2 cm³/mol. The number of hydrogen-bond acceptors (Lipinski definition) is 3. The van der Waals surface area contributed by atoms with Gasteiger partial charge in [0.2, 0.25) is 0 Å². The van der Waals surface area contributed by atoms with Crippen LogP contribution in [0.25, 0.3) is 0 Å². The van der Waals surface area contributed by atoms with Crippen LogP contribution >= 0.6 is 0 Å². The average Bonchev–Trinajstić information content (AvgIpc) is 2.77. The van der Waals surface area contributed by atoms with Crippen LogP contribution in [0.15, 0.2) is 36.7 Å². The van der Waals surface area contributed by atoms with Crippen molar-refractivity contribution in [1.82, 2.24) is 14.8 Å². The van der Waals surface area contributed by atoms with E-state index in [0.717, 1.165) is 17.9 Å². The highest BCUT2D eigenvalue weighted by atomic mass is 15.3. The molecule has 0 aliphatic heterocycles. The van der Waals surface area contributed by atoms with Crippen molar-refractivity contribution in [3.05, 3.63) is 48.0 Å². The molecular weight excluding hydrogens is 188 g/mol. The lowest BCUT2D eigenvalue weighted by Crippen LogP contribution is -2.17. The van der Waals surface area contributed by atoms with Crippen molar-refractivity contribution >= 4 is 0 Å². The number of rotatable bonds is 3. The Hall–Kier alpha value is -1.68. The third kappa shape index (κ3) is 1.89. The summed E-state index contributed by atoms with van der Waals surface area (Å²) in [7, 11) is 0. The van der Waals surface area contributed by atoms with Crippen LogP contribution < -0.4 is 5.73 Å². The van der Waals surface area contributed by atoms with Gasteiger partial charge in [0, 0.05) is 6.54 Å². The first-order valence-electron chi connectivity index (χ1n) is 5.01. The van der Waals surface area contributed by atoms with Gasteiger partial charge in [0.15, 0.2) is 5.82 Å². The molecule has 15 heavy (non-hydrogen) atoms. The van der Waals surface area contributed by atoms with E-state index in [1.807, 2.05) is 41.8 Å². The quantitative estimate of drug-likeness (QED) is 0.817. The SMILES string of the molecule is CCn1cnnc1[C@H](N)c1ccccc1. The van der Waals surface area contributed by atoms with E-state index in [4.69, 9.17) is 5.73 Å². The first kappa shape index (κ1) is 9.86. The number of nitrogens with two attached hydrogens (primary N) is 1. The molecule has 0 radical (unpaired) electrons. The highest BCUT2D eigenvalue weighted by molar-refractivity contribution is 5.23. The zero-order valence-corrected chi connectivity index (χ0v) is 8.67. The zero-order chi connectivity index (χ0) is 10.7. The molecule has 0 bridgehead atoms. The molecule has 2 N–H and O–H groups in total. The highest BCUT2D eigenvalue weighted by Gasteiger charge is 2.14. The second-order valence-corrected chi connectivity index (χ2v) is 3.36. The van der Waals surface area contributed by atoms with Gasteiger partial charge in [0.25, 0.3) is 0 Å². The molecule has 2 rings (SSSR count). The second-order valence-electron chi connectivity index (χ2n) is 3.36. The standard InChI is InChI=1S/C11H14N4/c1-2-15-8-13-14-11(15)10(12)9-6-4-3-5-7-9/h3-8,10H,2,12H2,1H3/t10-/m1/s1. The third-order valence-electron chi connectivity index (χ3n) is 2.42. The number of aryl methyl sites for hydroxylation is 1. The Labute approximate surface area is 88.8 Å². The van der Waals surface area contributed by atoms with Crippen molar-refractivity contribution in [3.8, 4) is 0 Å². The number of nitrogens with zero attached hydrogens (tertiary/aromatic N) is 3. The van der Waals surface area contributed by atoms with Crippen LogP contribution in [0.4, 0.5) is 0 Å². The molecule has 2 aromatic rings. The van der Waals surface area contributed by atoms with Crippen LogP contribution in [0.2, 0.25) is 0 Å². The summed E-state index contributed by atoms with van der Waals surface area (Å²) in [6.07, 6.45) is 1.71. The van der Waals surface area contributed by atoms with Gasteiger partial charge in [-0.2, -0.15) is 0 Å². The van der Waals surface area contributed by atoms with Gasteiger partial charge in [0.1, 0.15) is 6.33 Å². The van der Waals surface area contributed by atoms with Gasteiger partial charge >= 0.3 is 0 Å². The Morgan fingerprint density at radius 1 is 1.33 bits per heavy atom. The van der Waals surface area contributed by atoms with Gasteiger partial charge in [-0.25, -0.2) is 0 Å². The van der Waals surface area contributed by atoms with E-state index >= 15 is 0 Å². The van der Waals surface area contributed by atoms with Crippen LogP contribution in [0.1, 0.15) is 24.4 Å². The van der Waals surface area contributed by atoms with Crippen molar-refractivity contribution < 1.29 is 0 Å². The molecule has 0 aliphatic rings. The van der Waals surface area contributed by atoms with E-state index in [1.165, 1.54) is 0 Å². The van der Waals surface area contributed by atoms with E-state index in [2.05, 4.69) is 10.2 Å². The lowest BCUT2D eigenvalue weighted by molar-refractivity contribution is 0.656. The van der Waals surface area contributed by atoms with Crippen LogP contribution in [0, 0.1) is 0 Å². The minimum absolute atomic E-state index is 0.200. The molecule has 1 atom stereocenters. The summed E-state index contributed by atoms with van der Waals surface area (Å²) in [5, 5.41) is 7.92. The Morgan fingerprint density at radius 2 is 2.07 bits per heavy atom. The van der Waals surface area contributed by atoms with E-state index in [9.17, 15) is 0 Å². The molecule has 1 heterocycles. The van der Waals surface area contributed by atoms with Gasteiger partial charge < -0.3 is 10.3 Å². The van der Waals surface area contributed by atoms with Crippen molar-refractivity contribution in [2.75, 3.05) is 0 Å². The summed E-state index contributed by atoms with van der Waals surface area (Å²) in [6.45, 7) is 2.88. The zero-order valence-electron chi connectivity index (χ0n) is 8.67. The number of benzene rings is 1. The normalized spacial score (nSPS) is 12.7. The fraction of sp³-hybridized carbons (Fsp3) is 0.273. The monoisotopic (exact) mass is 202 g/mol. The molecule has 0 unspecified atom stereocenters. The smallest absolute Gasteiger partial charge is 0.154 e. The lowest BCUT2D eigenvalue weighted by atomic mass is 10.1. The minimum Gasteiger partial charge on any atom is -0.318 e. The van der Waals surface area contributed by atoms with Gasteiger partial charge in [-0.15, -0.1) is 10.2 Å². The van der Waals surface area contributed by atoms with E-state index in [1.54, 1.807) is 6.33 Å². The van der Waals surface area contributed by atoms with E-state index in [0.29, 0.717) is 0 Å². The highest BCUT2D eigenvalue weighted by Crippen LogP contribution is 2.16. The molecule has 0 fully saturated rings. The van der Waals surface area contributed by atoms with Gasteiger partial charge in [-0.3, -0.25) is 0 Å². The summed E-state index contributed by atoms with van der Waals surface area (Å²) in [4.78, 5) is 0. The predicted octanol–water partition coefficient (Wildman–Crippen LogP) is 1.35. The third-order valence-corrected chi connectivity index (χ3v) is 2.42. The molecule has 1 aromatic carbocycles. The molecule has 1 aromatic heterocycles. The fourth-order valence-electron chi connectivity index (χ4n) is 1.56. The first-order chi connectivity index (χ1) is 7.33. The van der Waals surface area contributed by atoms with Crippen LogP contribution in [-0.2, 0) is 6.54 Å². The number of aromatic nitrogens is 3. The molecule has 0 aliphatic carbocycles. The van der Waals surface area contributed by atoms with Crippen LogP contribution in [0.3, 0.4) is 0 Å². The number of hydrogen-bond donors (Lipinski definition) is 1. The summed E-state index contributed by atoms with van der Waals surface area (Å²) in [6, 6.07) is 9.72. The lowest BCUT2D eigenvalue weighted by Gasteiger charge is -2.11. The molecule has 0 saturated heterocycles. The summed E-state index contributed by atoms with van der Waals surface area (Å²) < 4.78 is 1.96. The first-order valence-corrected chi connectivity index (χ1v) is 5.01. The van der Waals surface area contributed by atoms with Gasteiger partial charge in [-0.1, -0.05) is 30.3 Å².